The number of benzene rings is 2. The lowest BCUT2D eigenvalue weighted by molar-refractivity contribution is 0.286. The number of hydrogen-bond acceptors (Lipinski definition) is 3. The molecular formula is C18H22N2O2S. The van der Waals surface area contributed by atoms with E-state index in [1.54, 1.807) is 7.11 Å². The summed E-state index contributed by atoms with van der Waals surface area (Å²) in [7, 11) is 1.64. The molecule has 4 nitrogen and oxygen atoms in total. The zero-order valence-corrected chi connectivity index (χ0v) is 14.4. The Kier molecular flexibility index (Phi) is 6.23. The fourth-order valence-electron chi connectivity index (χ4n) is 1.96. The Morgan fingerprint density at radius 1 is 1.04 bits per heavy atom. The molecule has 0 fully saturated rings. The van der Waals surface area contributed by atoms with Crippen LogP contribution in [-0.2, 0) is 0 Å². The minimum Gasteiger partial charge on any atom is -0.497 e. The Balaban J connectivity index is 1.75. The number of nitrogens with one attached hydrogen (secondary N) is 2. The van der Waals surface area contributed by atoms with E-state index in [1.165, 1.54) is 5.56 Å². The third-order valence-corrected chi connectivity index (χ3v) is 3.47. The number of rotatable bonds is 6. The quantitative estimate of drug-likeness (QED) is 0.790. The van der Waals surface area contributed by atoms with Gasteiger partial charge in [0, 0.05) is 5.69 Å². The highest BCUT2D eigenvalue weighted by Gasteiger charge is 2.06. The van der Waals surface area contributed by atoms with Gasteiger partial charge in [0.05, 0.1) is 13.2 Å². The number of aryl methyl sites for hydroxylation is 1. The first-order valence-electron chi connectivity index (χ1n) is 7.48. The molecule has 0 saturated heterocycles. The van der Waals surface area contributed by atoms with Crippen molar-refractivity contribution in [3.8, 4) is 11.5 Å². The van der Waals surface area contributed by atoms with E-state index in [0.717, 1.165) is 17.2 Å². The third kappa shape index (κ3) is 5.79. The van der Waals surface area contributed by atoms with Gasteiger partial charge in [0.15, 0.2) is 5.11 Å². The van der Waals surface area contributed by atoms with Gasteiger partial charge in [-0.05, 0) is 62.5 Å². The molecule has 0 bridgehead atoms. The fourth-order valence-corrected chi connectivity index (χ4v) is 2.28. The van der Waals surface area contributed by atoms with E-state index in [4.69, 9.17) is 21.7 Å². The molecule has 0 heterocycles. The van der Waals surface area contributed by atoms with Gasteiger partial charge in [0.2, 0.25) is 0 Å². The largest absolute Gasteiger partial charge is 0.497 e. The fraction of sp³-hybridized carbons (Fsp3) is 0.278. The molecular weight excluding hydrogens is 308 g/mol. The smallest absolute Gasteiger partial charge is 0.171 e. The maximum atomic E-state index is 5.73. The van der Waals surface area contributed by atoms with E-state index < -0.39 is 0 Å². The molecule has 23 heavy (non-hydrogen) atoms. The van der Waals surface area contributed by atoms with E-state index in [1.807, 2.05) is 55.5 Å². The summed E-state index contributed by atoms with van der Waals surface area (Å²) in [6.45, 7) is 4.59. The summed E-state index contributed by atoms with van der Waals surface area (Å²) in [4.78, 5) is 0. The van der Waals surface area contributed by atoms with Crippen LogP contribution in [0.5, 0.6) is 11.5 Å². The Morgan fingerprint density at radius 2 is 1.65 bits per heavy atom. The van der Waals surface area contributed by atoms with Gasteiger partial charge in [-0.25, -0.2) is 0 Å². The average molecular weight is 330 g/mol. The number of ether oxygens (including phenoxy) is 2. The predicted octanol–water partition coefficient (Wildman–Crippen LogP) is 3.76. The van der Waals surface area contributed by atoms with Gasteiger partial charge in [-0.15, -0.1) is 0 Å². The first-order valence-corrected chi connectivity index (χ1v) is 7.88. The molecule has 0 spiro atoms. The van der Waals surface area contributed by atoms with Gasteiger partial charge >= 0.3 is 0 Å². The third-order valence-electron chi connectivity index (χ3n) is 3.25. The highest BCUT2D eigenvalue weighted by Crippen LogP contribution is 2.17. The van der Waals surface area contributed by atoms with Crippen LogP contribution in [0.25, 0.3) is 0 Å². The van der Waals surface area contributed by atoms with Gasteiger partial charge in [-0.2, -0.15) is 0 Å². The van der Waals surface area contributed by atoms with E-state index in [2.05, 4.69) is 17.6 Å². The Morgan fingerprint density at radius 3 is 2.26 bits per heavy atom. The summed E-state index contributed by atoms with van der Waals surface area (Å²) in [5.74, 6) is 1.61. The molecule has 0 radical (unpaired) electrons. The summed E-state index contributed by atoms with van der Waals surface area (Å²) in [5, 5.41) is 6.95. The zero-order chi connectivity index (χ0) is 16.7. The van der Waals surface area contributed by atoms with Gasteiger partial charge in [0.1, 0.15) is 18.1 Å². The monoisotopic (exact) mass is 330 g/mol. The van der Waals surface area contributed by atoms with Gasteiger partial charge in [-0.1, -0.05) is 17.7 Å². The average Bonchev–Trinajstić information content (AvgIpc) is 2.55. The van der Waals surface area contributed by atoms with E-state index in [-0.39, 0.29) is 6.04 Å². The molecule has 2 N–H and O–H groups in total. The molecule has 1 unspecified atom stereocenters. The normalized spacial score (nSPS) is 11.4. The van der Waals surface area contributed by atoms with Crippen LogP contribution in [0.15, 0.2) is 48.5 Å². The number of thiocarbonyl (C=S) groups is 1. The molecule has 2 rings (SSSR count). The summed E-state index contributed by atoms with van der Waals surface area (Å²) in [6, 6.07) is 15.7. The second kappa shape index (κ2) is 8.39. The molecule has 0 aliphatic rings. The lowest BCUT2D eigenvalue weighted by atomic mass is 10.2. The molecule has 0 aliphatic heterocycles. The van der Waals surface area contributed by atoms with Gasteiger partial charge in [-0.3, -0.25) is 0 Å². The zero-order valence-electron chi connectivity index (χ0n) is 13.6. The van der Waals surface area contributed by atoms with Crippen molar-refractivity contribution < 1.29 is 9.47 Å². The van der Waals surface area contributed by atoms with Crippen LogP contribution < -0.4 is 20.1 Å². The van der Waals surface area contributed by atoms with Crippen LogP contribution in [0.3, 0.4) is 0 Å². The summed E-state index contributed by atoms with van der Waals surface area (Å²) in [5.41, 5.74) is 2.19. The van der Waals surface area contributed by atoms with Crippen molar-refractivity contribution in [1.29, 1.82) is 0 Å². The van der Waals surface area contributed by atoms with Crippen molar-refractivity contribution in [2.45, 2.75) is 19.9 Å². The van der Waals surface area contributed by atoms with Crippen molar-refractivity contribution in [3.63, 3.8) is 0 Å². The molecule has 0 amide bonds. The SMILES string of the molecule is COc1ccc(OCC(C)NC(=S)Nc2ccc(C)cc2)cc1. The van der Waals surface area contributed by atoms with Crippen molar-refractivity contribution in [2.75, 3.05) is 19.0 Å². The lowest BCUT2D eigenvalue weighted by Crippen LogP contribution is -2.39. The summed E-state index contributed by atoms with van der Waals surface area (Å²) >= 11 is 5.31. The molecule has 0 aliphatic carbocycles. The minimum absolute atomic E-state index is 0.0857. The van der Waals surface area contributed by atoms with Crippen molar-refractivity contribution in [1.82, 2.24) is 5.32 Å². The number of hydrogen-bond donors (Lipinski definition) is 2. The number of anilines is 1. The molecule has 0 saturated carbocycles. The van der Waals surface area contributed by atoms with Crippen LogP contribution in [-0.4, -0.2) is 24.9 Å². The molecule has 0 aromatic heterocycles. The van der Waals surface area contributed by atoms with E-state index in [9.17, 15) is 0 Å². The lowest BCUT2D eigenvalue weighted by Gasteiger charge is -2.18. The highest BCUT2D eigenvalue weighted by atomic mass is 32.1. The van der Waals surface area contributed by atoms with Crippen LogP contribution in [0.2, 0.25) is 0 Å². The van der Waals surface area contributed by atoms with Gasteiger partial charge in [0.25, 0.3) is 0 Å². The first-order chi connectivity index (χ1) is 11.1. The summed E-state index contributed by atoms with van der Waals surface area (Å²) in [6.07, 6.45) is 0. The van der Waals surface area contributed by atoms with Crippen LogP contribution >= 0.6 is 12.2 Å². The minimum atomic E-state index is 0.0857. The summed E-state index contributed by atoms with van der Waals surface area (Å²) < 4.78 is 10.8. The van der Waals surface area contributed by atoms with Crippen molar-refractivity contribution in [3.05, 3.63) is 54.1 Å². The van der Waals surface area contributed by atoms with Crippen LogP contribution in [0.4, 0.5) is 5.69 Å². The standard InChI is InChI=1S/C18H22N2O2S/c1-13-4-6-15(7-5-13)20-18(23)19-14(2)12-22-17-10-8-16(21-3)9-11-17/h4-11,14H,12H2,1-3H3,(H2,19,20,23). The molecule has 2 aromatic carbocycles. The maximum absolute atomic E-state index is 5.73. The van der Waals surface area contributed by atoms with E-state index in [0.29, 0.717) is 11.7 Å². The Bertz CT molecular complexity index is 626. The van der Waals surface area contributed by atoms with Crippen LogP contribution in [0, 0.1) is 6.92 Å². The van der Waals surface area contributed by atoms with Crippen molar-refractivity contribution >= 4 is 23.0 Å². The molecule has 5 heteroatoms. The molecule has 1 atom stereocenters. The second-order valence-electron chi connectivity index (χ2n) is 5.35. The van der Waals surface area contributed by atoms with Crippen molar-refractivity contribution in [2.24, 2.45) is 0 Å². The topological polar surface area (TPSA) is 42.5 Å². The Hall–Kier alpha value is -2.27. The Labute approximate surface area is 142 Å². The van der Waals surface area contributed by atoms with Gasteiger partial charge < -0.3 is 20.1 Å². The molecule has 122 valence electrons. The molecule has 2 aromatic rings. The maximum Gasteiger partial charge on any atom is 0.171 e. The number of methoxy groups -OCH3 is 1. The van der Waals surface area contributed by atoms with E-state index >= 15 is 0 Å². The van der Waals surface area contributed by atoms with Crippen LogP contribution in [0.1, 0.15) is 12.5 Å². The second-order valence-corrected chi connectivity index (χ2v) is 5.76. The first kappa shape index (κ1) is 17.1. The highest BCUT2D eigenvalue weighted by molar-refractivity contribution is 7.80. The predicted molar refractivity (Wildman–Crippen MR) is 98.5 cm³/mol.